The summed E-state index contributed by atoms with van der Waals surface area (Å²) in [6, 6.07) is 46.9. The number of aryl methyl sites for hydroxylation is 2. The van der Waals surface area contributed by atoms with E-state index in [-0.39, 0.29) is 24.5 Å². The topological polar surface area (TPSA) is 105 Å². The van der Waals surface area contributed by atoms with Crippen LogP contribution >= 0.6 is 11.3 Å². The van der Waals surface area contributed by atoms with Gasteiger partial charge in [-0.25, -0.2) is 9.78 Å². The van der Waals surface area contributed by atoms with E-state index in [9.17, 15) is 9.59 Å². The number of ether oxygens (including phenoxy) is 1. The Balaban J connectivity index is 1.10. The standard InChI is InChI=1S/C46H38N6O3S/c1-2-55-45(54)42-47-43-40(38-24-14-15-25-39(38)56-43)44(53)51(42)30-31-26-28-32(29-27-31)36-22-12-13-23-37(36)41-48-50-52(49-41)46(33-16-6-3-7-17-33,34-18-8-4-9-19-34)35-20-10-5-11-21-35/h3-13,16-23,26-29H,2,14-15,24-25,30H2,1H3. The van der Waals surface area contributed by atoms with Gasteiger partial charge in [-0.1, -0.05) is 140 Å². The van der Waals surface area contributed by atoms with Gasteiger partial charge in [0.05, 0.1) is 18.5 Å². The number of thiophene rings is 1. The first-order valence-electron chi connectivity index (χ1n) is 18.9. The minimum Gasteiger partial charge on any atom is -0.460 e. The maximum atomic E-state index is 14.1. The van der Waals surface area contributed by atoms with E-state index in [1.807, 2.05) is 103 Å². The SMILES string of the molecule is CCOC(=O)c1nc2sc3c(c2c(=O)n1Cc1ccc(-c2ccccc2-c2nnn(C(c4ccccc4)(c4ccccc4)c4ccccc4)n2)cc1)CCCC3. The fourth-order valence-electron chi connectivity index (χ4n) is 7.99. The van der Waals surface area contributed by atoms with E-state index in [1.54, 1.807) is 11.7 Å². The summed E-state index contributed by atoms with van der Waals surface area (Å²) in [5.41, 5.74) is 6.56. The molecule has 276 valence electrons. The van der Waals surface area contributed by atoms with Crippen molar-refractivity contribution in [2.24, 2.45) is 0 Å². The van der Waals surface area contributed by atoms with E-state index >= 15 is 0 Å². The maximum absolute atomic E-state index is 14.1. The molecule has 0 saturated heterocycles. The number of rotatable bonds is 10. The highest BCUT2D eigenvalue weighted by Crippen LogP contribution is 2.41. The number of tetrazole rings is 1. The molecule has 0 N–H and O–H groups in total. The fourth-order valence-corrected chi connectivity index (χ4v) is 9.24. The number of fused-ring (bicyclic) bond motifs is 3. The van der Waals surface area contributed by atoms with E-state index in [0.29, 0.717) is 16.0 Å². The molecular formula is C46H38N6O3S. The number of esters is 1. The summed E-state index contributed by atoms with van der Waals surface area (Å²) in [5.74, 6) is -0.0789. The summed E-state index contributed by atoms with van der Waals surface area (Å²) in [6.45, 7) is 2.12. The van der Waals surface area contributed by atoms with Crippen LogP contribution in [0.5, 0.6) is 0 Å². The minimum absolute atomic E-state index is 0.0316. The van der Waals surface area contributed by atoms with Gasteiger partial charge >= 0.3 is 5.97 Å². The maximum Gasteiger partial charge on any atom is 0.374 e. The molecule has 0 aliphatic heterocycles. The largest absolute Gasteiger partial charge is 0.460 e. The molecule has 10 heteroatoms. The number of hydrogen-bond acceptors (Lipinski definition) is 8. The van der Waals surface area contributed by atoms with Crippen molar-refractivity contribution >= 4 is 27.5 Å². The van der Waals surface area contributed by atoms with Crippen molar-refractivity contribution in [2.75, 3.05) is 6.61 Å². The lowest BCUT2D eigenvalue weighted by atomic mass is 9.77. The molecule has 3 heterocycles. The highest BCUT2D eigenvalue weighted by molar-refractivity contribution is 7.18. The Bertz CT molecular complexity index is 2630. The molecule has 0 radical (unpaired) electrons. The zero-order valence-electron chi connectivity index (χ0n) is 30.8. The van der Waals surface area contributed by atoms with Crippen molar-refractivity contribution < 1.29 is 9.53 Å². The van der Waals surface area contributed by atoms with Gasteiger partial charge in [0.1, 0.15) is 4.83 Å². The highest BCUT2D eigenvalue weighted by Gasteiger charge is 2.41. The third kappa shape index (κ3) is 6.12. The first kappa shape index (κ1) is 35.2. The molecule has 8 aromatic rings. The van der Waals surface area contributed by atoms with Gasteiger partial charge in [0, 0.05) is 10.4 Å². The van der Waals surface area contributed by atoms with Crippen molar-refractivity contribution in [1.82, 2.24) is 29.8 Å². The molecule has 0 atom stereocenters. The molecule has 1 aliphatic carbocycles. The summed E-state index contributed by atoms with van der Waals surface area (Å²) in [5, 5.41) is 15.3. The molecule has 5 aromatic carbocycles. The lowest BCUT2D eigenvalue weighted by molar-refractivity contribution is 0.0505. The molecule has 0 saturated carbocycles. The summed E-state index contributed by atoms with van der Waals surface area (Å²) in [4.78, 5) is 35.6. The van der Waals surface area contributed by atoms with E-state index in [1.165, 1.54) is 20.8 Å². The first-order valence-corrected chi connectivity index (χ1v) is 19.8. The lowest BCUT2D eigenvalue weighted by Gasteiger charge is -2.34. The molecule has 0 unspecified atom stereocenters. The van der Waals surface area contributed by atoms with Crippen LogP contribution in [0, 0.1) is 0 Å². The van der Waals surface area contributed by atoms with Gasteiger partial charge in [0.2, 0.25) is 11.6 Å². The van der Waals surface area contributed by atoms with Gasteiger partial charge in [-0.2, -0.15) is 0 Å². The van der Waals surface area contributed by atoms with Gasteiger partial charge in [-0.15, -0.1) is 26.3 Å². The molecule has 9 nitrogen and oxygen atoms in total. The predicted molar refractivity (Wildman–Crippen MR) is 219 cm³/mol. The smallest absolute Gasteiger partial charge is 0.374 e. The van der Waals surface area contributed by atoms with Crippen LogP contribution in [0.15, 0.2) is 144 Å². The van der Waals surface area contributed by atoms with Crippen molar-refractivity contribution in [3.8, 4) is 22.5 Å². The van der Waals surface area contributed by atoms with Crippen molar-refractivity contribution in [3.63, 3.8) is 0 Å². The summed E-state index contributed by atoms with van der Waals surface area (Å²) in [7, 11) is 0. The van der Waals surface area contributed by atoms with E-state index in [4.69, 9.17) is 25.1 Å². The quantitative estimate of drug-likeness (QED) is 0.102. The third-order valence-corrected chi connectivity index (χ3v) is 11.8. The molecule has 56 heavy (non-hydrogen) atoms. The average molecular weight is 755 g/mol. The molecule has 0 spiro atoms. The van der Waals surface area contributed by atoms with Crippen LogP contribution in [0.1, 0.15) is 63.1 Å². The zero-order valence-corrected chi connectivity index (χ0v) is 31.7. The average Bonchev–Trinajstić information content (AvgIpc) is 3.90. The van der Waals surface area contributed by atoms with Crippen molar-refractivity contribution in [1.29, 1.82) is 0 Å². The number of carbonyl (C=O) groups is 1. The molecule has 0 bridgehead atoms. The Morgan fingerprint density at radius 2 is 1.34 bits per heavy atom. The number of aromatic nitrogens is 6. The normalized spacial score (nSPS) is 12.7. The molecule has 0 amide bonds. The Kier molecular flexibility index (Phi) is 9.40. The van der Waals surface area contributed by atoms with E-state index < -0.39 is 11.5 Å². The first-order chi connectivity index (χ1) is 27.6. The Morgan fingerprint density at radius 1 is 0.750 bits per heavy atom. The van der Waals surface area contributed by atoms with Gasteiger partial charge in [0.25, 0.3) is 5.56 Å². The zero-order chi connectivity index (χ0) is 38.1. The third-order valence-electron chi connectivity index (χ3n) is 10.6. The van der Waals surface area contributed by atoms with Crippen molar-refractivity contribution in [2.45, 2.75) is 44.7 Å². The van der Waals surface area contributed by atoms with Crippen LogP contribution in [-0.4, -0.2) is 42.3 Å². The van der Waals surface area contributed by atoms with Crippen LogP contribution < -0.4 is 5.56 Å². The van der Waals surface area contributed by atoms with Gasteiger partial charge in [0.15, 0.2) is 5.54 Å². The lowest BCUT2D eigenvalue weighted by Crippen LogP contribution is -2.39. The van der Waals surface area contributed by atoms with Crippen LogP contribution in [0.25, 0.3) is 32.7 Å². The van der Waals surface area contributed by atoms with Crippen LogP contribution in [-0.2, 0) is 29.7 Å². The molecular weight excluding hydrogens is 717 g/mol. The van der Waals surface area contributed by atoms with Gasteiger partial charge in [-0.05, 0) is 76.8 Å². The molecule has 9 rings (SSSR count). The number of nitrogens with zero attached hydrogens (tertiary/aromatic N) is 6. The van der Waals surface area contributed by atoms with Crippen LogP contribution in [0.4, 0.5) is 0 Å². The number of carbonyl (C=O) groups excluding carboxylic acids is 1. The van der Waals surface area contributed by atoms with Crippen LogP contribution in [0.3, 0.4) is 0 Å². The second kappa shape index (κ2) is 15.0. The highest BCUT2D eigenvalue weighted by atomic mass is 32.1. The van der Waals surface area contributed by atoms with Gasteiger partial charge < -0.3 is 4.74 Å². The minimum atomic E-state index is -0.897. The molecule has 3 aromatic heterocycles. The summed E-state index contributed by atoms with van der Waals surface area (Å²) in [6.07, 6.45) is 3.93. The summed E-state index contributed by atoms with van der Waals surface area (Å²) >= 11 is 1.53. The van der Waals surface area contributed by atoms with E-state index in [0.717, 1.165) is 70.2 Å². The summed E-state index contributed by atoms with van der Waals surface area (Å²) < 4.78 is 6.84. The Hall–Kier alpha value is -6.52. The Morgan fingerprint density at radius 3 is 1.96 bits per heavy atom. The second-order valence-corrected chi connectivity index (χ2v) is 15.0. The monoisotopic (exact) mass is 754 g/mol. The molecule has 1 aliphatic rings. The fraction of sp³-hybridized carbons (Fsp3) is 0.174. The Labute approximate surface area is 327 Å². The van der Waals surface area contributed by atoms with Gasteiger partial charge in [-0.3, -0.25) is 9.36 Å². The molecule has 0 fully saturated rings. The van der Waals surface area contributed by atoms with Crippen molar-refractivity contribution in [3.05, 3.63) is 188 Å². The van der Waals surface area contributed by atoms with E-state index in [2.05, 4.69) is 36.4 Å². The second-order valence-electron chi connectivity index (χ2n) is 13.9. The van der Waals surface area contributed by atoms with Crippen LogP contribution in [0.2, 0.25) is 0 Å². The number of hydrogen-bond donors (Lipinski definition) is 0. The predicted octanol–water partition coefficient (Wildman–Crippen LogP) is 8.72. The number of benzene rings is 5.